The summed E-state index contributed by atoms with van der Waals surface area (Å²) < 4.78 is 13.0. The molecule has 0 aliphatic carbocycles. The summed E-state index contributed by atoms with van der Waals surface area (Å²) >= 11 is 0. The van der Waals surface area contributed by atoms with Crippen LogP contribution in [0.3, 0.4) is 0 Å². The Labute approximate surface area is 154 Å². The minimum Gasteiger partial charge on any atom is -0.394 e. The van der Waals surface area contributed by atoms with Crippen LogP contribution < -0.4 is 5.32 Å². The first-order valence-electron chi connectivity index (χ1n) is 9.32. The predicted octanol–water partition coefficient (Wildman–Crippen LogP) is 2.13. The van der Waals surface area contributed by atoms with Crippen LogP contribution in [0.25, 0.3) is 0 Å². The number of aliphatic hydroxyl groups is 1. The highest BCUT2D eigenvalue weighted by atomic mass is 19.1. The van der Waals surface area contributed by atoms with E-state index in [9.17, 15) is 19.1 Å². The van der Waals surface area contributed by atoms with Crippen LogP contribution in [-0.4, -0.2) is 47.6 Å². The number of likely N-dealkylation sites (tertiary alicyclic amines) is 1. The van der Waals surface area contributed by atoms with Gasteiger partial charge in [0, 0.05) is 13.1 Å². The molecule has 0 aromatic heterocycles. The number of amides is 2. The molecule has 1 aromatic rings. The van der Waals surface area contributed by atoms with E-state index < -0.39 is 0 Å². The van der Waals surface area contributed by atoms with Gasteiger partial charge in [0.15, 0.2) is 0 Å². The highest BCUT2D eigenvalue weighted by Crippen LogP contribution is 2.19. The molecule has 144 valence electrons. The Morgan fingerprint density at radius 3 is 2.62 bits per heavy atom. The van der Waals surface area contributed by atoms with Crippen LogP contribution in [0.4, 0.5) is 4.39 Å². The predicted molar refractivity (Wildman–Crippen MR) is 97.9 cm³/mol. The van der Waals surface area contributed by atoms with Gasteiger partial charge in [0.05, 0.1) is 25.0 Å². The average molecular weight is 364 g/mol. The van der Waals surface area contributed by atoms with Gasteiger partial charge in [-0.05, 0) is 42.9 Å². The maximum absolute atomic E-state index is 13.0. The molecule has 2 atom stereocenters. The van der Waals surface area contributed by atoms with Crippen molar-refractivity contribution < 1.29 is 19.1 Å². The first kappa shape index (κ1) is 20.4. The van der Waals surface area contributed by atoms with Crippen LogP contribution in [0, 0.1) is 17.7 Å². The summed E-state index contributed by atoms with van der Waals surface area (Å²) in [6, 6.07) is 5.67. The molecule has 0 bridgehead atoms. The zero-order valence-electron chi connectivity index (χ0n) is 15.6. The first-order chi connectivity index (χ1) is 12.4. The van der Waals surface area contributed by atoms with E-state index in [0.29, 0.717) is 19.0 Å². The number of hydrogen-bond donors (Lipinski definition) is 2. The summed E-state index contributed by atoms with van der Waals surface area (Å²) in [7, 11) is 0. The standard InChI is InChI=1S/C20H29FN2O3/c1-14(2)10-18(13-24)22-20(26)16-4-3-9-23(12-16)19(25)11-15-5-7-17(21)8-6-15/h5-8,14,16,18,24H,3-4,9-13H2,1-2H3,(H,22,26). The summed E-state index contributed by atoms with van der Waals surface area (Å²) in [5, 5.41) is 12.4. The van der Waals surface area contributed by atoms with Crippen molar-refractivity contribution in [3.63, 3.8) is 0 Å². The zero-order chi connectivity index (χ0) is 19.1. The summed E-state index contributed by atoms with van der Waals surface area (Å²) in [4.78, 5) is 26.7. The molecule has 1 heterocycles. The minimum absolute atomic E-state index is 0.0463. The van der Waals surface area contributed by atoms with E-state index in [1.54, 1.807) is 17.0 Å². The van der Waals surface area contributed by atoms with Crippen molar-refractivity contribution >= 4 is 11.8 Å². The molecule has 1 fully saturated rings. The molecule has 1 aromatic carbocycles. The van der Waals surface area contributed by atoms with Crippen molar-refractivity contribution in [1.82, 2.24) is 10.2 Å². The number of carbonyl (C=O) groups is 2. The number of hydrogen-bond acceptors (Lipinski definition) is 3. The Bertz CT molecular complexity index is 604. The van der Waals surface area contributed by atoms with Crippen LogP contribution in [0.2, 0.25) is 0 Å². The molecule has 0 spiro atoms. The summed E-state index contributed by atoms with van der Waals surface area (Å²) in [5.74, 6) is -0.329. The van der Waals surface area contributed by atoms with Gasteiger partial charge in [-0.2, -0.15) is 0 Å². The fourth-order valence-corrected chi connectivity index (χ4v) is 3.37. The molecule has 6 heteroatoms. The molecule has 0 radical (unpaired) electrons. The highest BCUT2D eigenvalue weighted by Gasteiger charge is 2.29. The third kappa shape index (κ3) is 6.09. The lowest BCUT2D eigenvalue weighted by Gasteiger charge is -2.33. The van der Waals surface area contributed by atoms with Gasteiger partial charge in [0.2, 0.25) is 11.8 Å². The maximum atomic E-state index is 13.0. The van der Waals surface area contributed by atoms with Crippen LogP contribution >= 0.6 is 0 Å². The van der Waals surface area contributed by atoms with Crippen LogP contribution in [0.5, 0.6) is 0 Å². The maximum Gasteiger partial charge on any atom is 0.227 e. The summed E-state index contributed by atoms with van der Waals surface area (Å²) in [5.41, 5.74) is 0.764. The molecule has 5 nitrogen and oxygen atoms in total. The molecular weight excluding hydrogens is 335 g/mol. The summed E-state index contributed by atoms with van der Waals surface area (Å²) in [6.45, 7) is 5.05. The van der Waals surface area contributed by atoms with Crippen molar-refractivity contribution in [1.29, 1.82) is 0 Å². The molecule has 2 amide bonds. The highest BCUT2D eigenvalue weighted by molar-refractivity contribution is 5.82. The smallest absolute Gasteiger partial charge is 0.227 e. The fraction of sp³-hybridized carbons (Fsp3) is 0.600. The quantitative estimate of drug-likeness (QED) is 0.779. The van der Waals surface area contributed by atoms with E-state index in [2.05, 4.69) is 5.32 Å². The third-order valence-electron chi connectivity index (χ3n) is 4.74. The second kappa shape index (κ2) is 9.67. The lowest BCUT2D eigenvalue weighted by molar-refractivity contribution is -0.135. The molecule has 2 rings (SSSR count). The minimum atomic E-state index is -0.323. The van der Waals surface area contributed by atoms with E-state index in [1.165, 1.54) is 12.1 Å². The van der Waals surface area contributed by atoms with Gasteiger partial charge >= 0.3 is 0 Å². The number of nitrogens with one attached hydrogen (secondary N) is 1. The molecule has 2 N–H and O–H groups in total. The number of halogens is 1. The number of aliphatic hydroxyl groups excluding tert-OH is 1. The van der Waals surface area contributed by atoms with Gasteiger partial charge in [-0.1, -0.05) is 26.0 Å². The van der Waals surface area contributed by atoms with Gasteiger partial charge in [0.25, 0.3) is 0 Å². The lowest BCUT2D eigenvalue weighted by atomic mass is 9.95. The number of benzene rings is 1. The Morgan fingerprint density at radius 2 is 2.00 bits per heavy atom. The van der Waals surface area contributed by atoms with Crippen molar-refractivity contribution in [2.45, 2.75) is 45.6 Å². The third-order valence-corrected chi connectivity index (χ3v) is 4.74. The number of carbonyl (C=O) groups excluding carboxylic acids is 2. The number of rotatable bonds is 7. The first-order valence-corrected chi connectivity index (χ1v) is 9.32. The van der Waals surface area contributed by atoms with E-state index in [4.69, 9.17) is 0 Å². The largest absolute Gasteiger partial charge is 0.394 e. The SMILES string of the molecule is CC(C)CC(CO)NC(=O)C1CCCN(C(=O)Cc2ccc(F)cc2)C1. The van der Waals surface area contributed by atoms with Crippen LogP contribution in [0.15, 0.2) is 24.3 Å². The normalized spacial score (nSPS) is 18.7. The Kier molecular flexibility index (Phi) is 7.57. The Balaban J connectivity index is 1.89. The summed E-state index contributed by atoms with van der Waals surface area (Å²) in [6.07, 6.45) is 2.45. The number of nitrogens with zero attached hydrogens (tertiary/aromatic N) is 1. The van der Waals surface area contributed by atoms with Crippen LogP contribution in [0.1, 0.15) is 38.7 Å². The lowest BCUT2D eigenvalue weighted by Crippen LogP contribution is -2.48. The van der Waals surface area contributed by atoms with Crippen molar-refractivity contribution in [2.75, 3.05) is 19.7 Å². The van der Waals surface area contributed by atoms with Gasteiger partial charge in [-0.3, -0.25) is 9.59 Å². The average Bonchev–Trinajstić information content (AvgIpc) is 2.62. The topological polar surface area (TPSA) is 69.6 Å². The van der Waals surface area contributed by atoms with Crippen LogP contribution in [-0.2, 0) is 16.0 Å². The Morgan fingerprint density at radius 1 is 1.31 bits per heavy atom. The van der Waals surface area contributed by atoms with Gasteiger partial charge in [-0.25, -0.2) is 4.39 Å². The molecule has 2 unspecified atom stereocenters. The van der Waals surface area contributed by atoms with E-state index in [0.717, 1.165) is 24.8 Å². The van der Waals surface area contributed by atoms with E-state index in [1.807, 2.05) is 13.8 Å². The fourth-order valence-electron chi connectivity index (χ4n) is 3.37. The molecule has 0 saturated carbocycles. The molecule has 1 saturated heterocycles. The van der Waals surface area contributed by atoms with Gasteiger partial charge in [0.1, 0.15) is 5.82 Å². The zero-order valence-corrected chi connectivity index (χ0v) is 15.6. The van der Waals surface area contributed by atoms with Crippen molar-refractivity contribution in [2.24, 2.45) is 11.8 Å². The monoisotopic (exact) mass is 364 g/mol. The Hall–Kier alpha value is -1.95. The van der Waals surface area contributed by atoms with E-state index >= 15 is 0 Å². The molecule has 26 heavy (non-hydrogen) atoms. The van der Waals surface area contributed by atoms with E-state index in [-0.39, 0.29) is 42.6 Å². The van der Waals surface area contributed by atoms with Gasteiger partial charge < -0.3 is 15.3 Å². The number of piperidine rings is 1. The van der Waals surface area contributed by atoms with Crippen molar-refractivity contribution in [3.8, 4) is 0 Å². The molecule has 1 aliphatic heterocycles. The van der Waals surface area contributed by atoms with Crippen molar-refractivity contribution in [3.05, 3.63) is 35.6 Å². The van der Waals surface area contributed by atoms with Gasteiger partial charge in [-0.15, -0.1) is 0 Å². The molecule has 1 aliphatic rings. The second-order valence-electron chi connectivity index (χ2n) is 7.50. The molecular formula is C20H29FN2O3. The second-order valence-corrected chi connectivity index (χ2v) is 7.50.